The Labute approximate surface area is 117 Å². The van der Waals surface area contributed by atoms with E-state index in [0.717, 1.165) is 12.1 Å². The Balaban J connectivity index is 2.54. The first-order chi connectivity index (χ1) is 9.19. The van der Waals surface area contributed by atoms with Gasteiger partial charge in [0.15, 0.2) is 0 Å². The highest BCUT2D eigenvalue weighted by atomic mass is 32.1. The third kappa shape index (κ3) is 2.80. The monoisotopic (exact) mass is 279 g/mol. The summed E-state index contributed by atoms with van der Waals surface area (Å²) < 4.78 is 19.5. The molecule has 0 radical (unpaired) electrons. The average Bonchev–Trinajstić information content (AvgIpc) is 2.82. The first kappa shape index (κ1) is 14.0. The summed E-state index contributed by atoms with van der Waals surface area (Å²) in [5, 5.41) is 5.37. The van der Waals surface area contributed by atoms with Gasteiger partial charge in [0.2, 0.25) is 0 Å². The van der Waals surface area contributed by atoms with Gasteiger partial charge in [-0.1, -0.05) is 13.0 Å². The molecule has 0 saturated heterocycles. The molecule has 0 aliphatic carbocycles. The number of rotatable bonds is 5. The smallest absolute Gasteiger partial charge is 0.132 e. The van der Waals surface area contributed by atoms with Gasteiger partial charge < -0.3 is 10.1 Å². The molecule has 0 aliphatic rings. The molecular weight excluding hydrogens is 261 g/mol. The third-order valence-corrected chi connectivity index (χ3v) is 4.00. The Morgan fingerprint density at radius 2 is 2.16 bits per heavy atom. The largest absolute Gasteiger partial charge is 0.496 e. The van der Waals surface area contributed by atoms with Crippen LogP contribution in [0, 0.1) is 12.7 Å². The Bertz CT molecular complexity index is 553. The zero-order valence-corrected chi connectivity index (χ0v) is 12.2. The van der Waals surface area contributed by atoms with Crippen molar-refractivity contribution >= 4 is 11.3 Å². The molecule has 0 spiro atoms. The van der Waals surface area contributed by atoms with E-state index in [0.29, 0.717) is 11.3 Å². The first-order valence-corrected chi connectivity index (χ1v) is 7.16. The zero-order chi connectivity index (χ0) is 13.8. The number of methoxy groups -OCH3 is 1. The average molecular weight is 279 g/mol. The molecule has 102 valence electrons. The lowest BCUT2D eigenvalue weighted by molar-refractivity contribution is 0.397. The fourth-order valence-corrected chi connectivity index (χ4v) is 2.98. The number of ether oxygens (including phenoxy) is 1. The van der Waals surface area contributed by atoms with E-state index in [2.05, 4.69) is 12.2 Å². The topological polar surface area (TPSA) is 21.3 Å². The van der Waals surface area contributed by atoms with E-state index < -0.39 is 0 Å². The van der Waals surface area contributed by atoms with Gasteiger partial charge in [0.05, 0.1) is 18.7 Å². The maximum Gasteiger partial charge on any atom is 0.132 e. The van der Waals surface area contributed by atoms with Crippen LogP contribution < -0.4 is 10.1 Å². The predicted molar refractivity (Wildman–Crippen MR) is 77.5 cm³/mol. The number of thiophene rings is 1. The Kier molecular flexibility index (Phi) is 4.56. The summed E-state index contributed by atoms with van der Waals surface area (Å²) in [5.41, 5.74) is 1.68. The van der Waals surface area contributed by atoms with Gasteiger partial charge in [-0.3, -0.25) is 0 Å². The van der Waals surface area contributed by atoms with Gasteiger partial charge in [-0.25, -0.2) is 4.39 Å². The number of halogens is 1. The molecule has 1 unspecified atom stereocenters. The van der Waals surface area contributed by atoms with Gasteiger partial charge in [-0.2, -0.15) is 0 Å². The van der Waals surface area contributed by atoms with Crippen molar-refractivity contribution < 1.29 is 9.13 Å². The number of hydrogen-bond donors (Lipinski definition) is 1. The van der Waals surface area contributed by atoms with Crippen molar-refractivity contribution in [1.82, 2.24) is 5.32 Å². The van der Waals surface area contributed by atoms with Crippen molar-refractivity contribution in [3.8, 4) is 5.75 Å². The molecule has 0 amide bonds. The number of benzene rings is 1. The maximum atomic E-state index is 14.2. The summed E-state index contributed by atoms with van der Waals surface area (Å²) in [6.07, 6.45) is 0. The van der Waals surface area contributed by atoms with Crippen LogP contribution in [0.5, 0.6) is 5.75 Å². The van der Waals surface area contributed by atoms with E-state index in [4.69, 9.17) is 4.74 Å². The quantitative estimate of drug-likeness (QED) is 0.896. The second-order valence-corrected chi connectivity index (χ2v) is 5.40. The zero-order valence-electron chi connectivity index (χ0n) is 11.4. The van der Waals surface area contributed by atoms with Crippen LogP contribution in [0.25, 0.3) is 0 Å². The summed E-state index contributed by atoms with van der Waals surface area (Å²) >= 11 is 1.67. The van der Waals surface area contributed by atoms with Crippen molar-refractivity contribution in [1.29, 1.82) is 0 Å². The van der Waals surface area contributed by atoms with Crippen molar-refractivity contribution in [2.24, 2.45) is 0 Å². The van der Waals surface area contributed by atoms with Gasteiger partial charge in [0.1, 0.15) is 11.6 Å². The molecule has 1 heterocycles. The van der Waals surface area contributed by atoms with Crippen molar-refractivity contribution in [3.05, 3.63) is 51.5 Å². The standard InChI is InChI=1S/C15H18FNOS/c1-4-17-15(11-8-9-19-10(11)2)14-12(16)6-5-7-13(14)18-3/h5-9,15,17H,4H2,1-3H3. The molecule has 2 nitrogen and oxygen atoms in total. The van der Waals surface area contributed by atoms with E-state index in [1.54, 1.807) is 30.6 Å². The van der Waals surface area contributed by atoms with E-state index in [-0.39, 0.29) is 11.9 Å². The molecular formula is C15H18FNOS. The summed E-state index contributed by atoms with van der Waals surface area (Å²) in [4.78, 5) is 1.19. The minimum absolute atomic E-state index is 0.174. The summed E-state index contributed by atoms with van der Waals surface area (Å²) in [5.74, 6) is 0.340. The summed E-state index contributed by atoms with van der Waals surface area (Å²) in [7, 11) is 1.57. The molecule has 0 fully saturated rings. The highest BCUT2D eigenvalue weighted by molar-refractivity contribution is 7.10. The van der Waals surface area contributed by atoms with Crippen LogP contribution in [0.3, 0.4) is 0 Å². The molecule has 19 heavy (non-hydrogen) atoms. The van der Waals surface area contributed by atoms with Crippen LogP contribution >= 0.6 is 11.3 Å². The molecule has 1 atom stereocenters. The van der Waals surface area contributed by atoms with E-state index in [9.17, 15) is 4.39 Å². The Morgan fingerprint density at radius 1 is 1.37 bits per heavy atom. The van der Waals surface area contributed by atoms with Crippen molar-refractivity contribution in [2.75, 3.05) is 13.7 Å². The third-order valence-electron chi connectivity index (χ3n) is 3.14. The van der Waals surface area contributed by atoms with Crippen LogP contribution in [-0.4, -0.2) is 13.7 Å². The SMILES string of the molecule is CCNC(c1ccsc1C)c1c(F)cccc1OC. The van der Waals surface area contributed by atoms with Crippen LogP contribution in [0.15, 0.2) is 29.6 Å². The Morgan fingerprint density at radius 3 is 2.74 bits per heavy atom. The highest BCUT2D eigenvalue weighted by Gasteiger charge is 2.23. The lowest BCUT2D eigenvalue weighted by Crippen LogP contribution is -2.23. The molecule has 1 N–H and O–H groups in total. The van der Waals surface area contributed by atoms with Crippen LogP contribution in [0.1, 0.15) is 29.0 Å². The number of hydrogen-bond acceptors (Lipinski definition) is 3. The van der Waals surface area contributed by atoms with Crippen LogP contribution in [0.2, 0.25) is 0 Å². The van der Waals surface area contributed by atoms with Crippen LogP contribution in [-0.2, 0) is 0 Å². The fraction of sp³-hybridized carbons (Fsp3) is 0.333. The number of aryl methyl sites for hydroxylation is 1. The van der Waals surface area contributed by atoms with Crippen LogP contribution in [0.4, 0.5) is 4.39 Å². The lowest BCUT2D eigenvalue weighted by Gasteiger charge is -2.21. The van der Waals surface area contributed by atoms with Crippen molar-refractivity contribution in [3.63, 3.8) is 0 Å². The molecule has 2 rings (SSSR count). The molecule has 2 aromatic rings. The van der Waals surface area contributed by atoms with E-state index in [1.807, 2.05) is 18.4 Å². The molecule has 1 aromatic heterocycles. The highest BCUT2D eigenvalue weighted by Crippen LogP contribution is 2.35. The number of nitrogens with one attached hydrogen (secondary N) is 1. The molecule has 0 saturated carbocycles. The first-order valence-electron chi connectivity index (χ1n) is 6.28. The van der Waals surface area contributed by atoms with E-state index in [1.165, 1.54) is 10.9 Å². The van der Waals surface area contributed by atoms with Gasteiger partial charge in [0, 0.05) is 4.88 Å². The predicted octanol–water partition coefficient (Wildman–Crippen LogP) is 3.90. The molecule has 1 aromatic carbocycles. The Hall–Kier alpha value is -1.39. The second kappa shape index (κ2) is 6.17. The fourth-order valence-electron chi connectivity index (χ4n) is 2.24. The summed E-state index contributed by atoms with van der Waals surface area (Å²) in [6.45, 7) is 4.83. The lowest BCUT2D eigenvalue weighted by atomic mass is 9.98. The molecule has 4 heteroatoms. The minimum atomic E-state index is -0.240. The van der Waals surface area contributed by atoms with Gasteiger partial charge >= 0.3 is 0 Å². The van der Waals surface area contributed by atoms with Crippen molar-refractivity contribution in [2.45, 2.75) is 19.9 Å². The van der Waals surface area contributed by atoms with Gasteiger partial charge in [0.25, 0.3) is 0 Å². The van der Waals surface area contributed by atoms with Gasteiger partial charge in [-0.05, 0) is 42.6 Å². The van der Waals surface area contributed by atoms with Gasteiger partial charge in [-0.15, -0.1) is 11.3 Å². The minimum Gasteiger partial charge on any atom is -0.496 e. The van der Waals surface area contributed by atoms with E-state index >= 15 is 0 Å². The molecule has 0 aliphatic heterocycles. The normalized spacial score (nSPS) is 12.4. The maximum absolute atomic E-state index is 14.2. The summed E-state index contributed by atoms with van der Waals surface area (Å²) in [6, 6.07) is 6.81. The molecule has 0 bridgehead atoms. The second-order valence-electron chi connectivity index (χ2n) is 4.28.